The van der Waals surface area contributed by atoms with E-state index in [1.54, 1.807) is 0 Å². The molecule has 0 spiro atoms. The molecule has 1 aromatic rings. The average molecular weight is 262 g/mol. The molecule has 0 N–H and O–H groups in total. The fraction of sp³-hybridized carbons (Fsp3) is 0.467. The van der Waals surface area contributed by atoms with Gasteiger partial charge in [-0.1, -0.05) is 31.2 Å². The molecule has 0 saturated heterocycles. The van der Waals surface area contributed by atoms with Gasteiger partial charge in [0.25, 0.3) is 0 Å². The molecular weight excluding hydrogens is 244 g/mol. The van der Waals surface area contributed by atoms with E-state index in [9.17, 15) is 9.59 Å². The van der Waals surface area contributed by atoms with Crippen LogP contribution >= 0.6 is 0 Å². The lowest BCUT2D eigenvalue weighted by molar-refractivity contribution is -0.174. The van der Waals surface area contributed by atoms with Crippen LogP contribution in [-0.4, -0.2) is 26.2 Å². The van der Waals surface area contributed by atoms with E-state index in [0.717, 1.165) is 5.56 Å². The Kier molecular flexibility index (Phi) is 3.60. The van der Waals surface area contributed by atoms with E-state index in [4.69, 9.17) is 9.47 Å². The fourth-order valence-corrected chi connectivity index (χ4v) is 2.90. The number of rotatable bonds is 2. The third-order valence-corrected chi connectivity index (χ3v) is 4.05. The number of carbonyl (C=O) groups is 2. The predicted octanol–water partition coefficient (Wildman–Crippen LogP) is 1.75. The van der Waals surface area contributed by atoms with E-state index < -0.39 is 17.4 Å². The molecule has 2 rings (SSSR count). The van der Waals surface area contributed by atoms with E-state index in [-0.39, 0.29) is 5.92 Å². The maximum absolute atomic E-state index is 12.2. The van der Waals surface area contributed by atoms with E-state index in [1.807, 2.05) is 31.2 Å². The highest BCUT2D eigenvalue weighted by atomic mass is 16.5. The third kappa shape index (κ3) is 2.01. The zero-order valence-electron chi connectivity index (χ0n) is 11.4. The topological polar surface area (TPSA) is 52.6 Å². The first-order valence-corrected chi connectivity index (χ1v) is 6.30. The SMILES string of the molecule is COC(=O)C1(C(=O)OC)Cc2ccccc2CC1C. The normalized spacial score (nSPS) is 20.3. The van der Waals surface area contributed by atoms with Crippen LogP contribution in [0.3, 0.4) is 0 Å². The Morgan fingerprint density at radius 2 is 1.63 bits per heavy atom. The zero-order chi connectivity index (χ0) is 14.0. The second kappa shape index (κ2) is 5.03. The van der Waals surface area contributed by atoms with Gasteiger partial charge in [-0.05, 0) is 29.9 Å². The molecule has 19 heavy (non-hydrogen) atoms. The van der Waals surface area contributed by atoms with Gasteiger partial charge < -0.3 is 9.47 Å². The summed E-state index contributed by atoms with van der Waals surface area (Å²) >= 11 is 0. The first-order chi connectivity index (χ1) is 9.06. The van der Waals surface area contributed by atoms with Crippen LogP contribution in [0.5, 0.6) is 0 Å². The highest BCUT2D eigenvalue weighted by molar-refractivity contribution is 6.01. The molecule has 0 amide bonds. The minimum absolute atomic E-state index is 0.151. The number of fused-ring (bicyclic) bond motifs is 1. The summed E-state index contributed by atoms with van der Waals surface area (Å²) in [4.78, 5) is 24.4. The van der Waals surface area contributed by atoms with Crippen molar-refractivity contribution in [3.63, 3.8) is 0 Å². The van der Waals surface area contributed by atoms with Crippen molar-refractivity contribution in [2.45, 2.75) is 19.8 Å². The number of hydrogen-bond donors (Lipinski definition) is 0. The van der Waals surface area contributed by atoms with E-state index in [0.29, 0.717) is 12.8 Å². The van der Waals surface area contributed by atoms with Crippen LogP contribution in [0.1, 0.15) is 18.1 Å². The van der Waals surface area contributed by atoms with Crippen molar-refractivity contribution in [1.29, 1.82) is 0 Å². The van der Waals surface area contributed by atoms with Gasteiger partial charge in [0.2, 0.25) is 0 Å². The van der Waals surface area contributed by atoms with Gasteiger partial charge in [0.15, 0.2) is 5.41 Å². The molecule has 102 valence electrons. The molecule has 0 radical (unpaired) electrons. The van der Waals surface area contributed by atoms with Crippen molar-refractivity contribution in [1.82, 2.24) is 0 Å². The van der Waals surface area contributed by atoms with Crippen LogP contribution in [0.15, 0.2) is 24.3 Å². The molecule has 0 bridgehead atoms. The van der Waals surface area contributed by atoms with Gasteiger partial charge in [0, 0.05) is 0 Å². The van der Waals surface area contributed by atoms with Crippen LogP contribution in [0.4, 0.5) is 0 Å². The Morgan fingerprint density at radius 3 is 2.16 bits per heavy atom. The molecule has 1 atom stereocenters. The van der Waals surface area contributed by atoms with Crippen molar-refractivity contribution in [2.24, 2.45) is 11.3 Å². The van der Waals surface area contributed by atoms with E-state index in [2.05, 4.69) is 0 Å². The molecule has 1 aliphatic rings. The van der Waals surface area contributed by atoms with E-state index >= 15 is 0 Å². The van der Waals surface area contributed by atoms with Crippen molar-refractivity contribution < 1.29 is 19.1 Å². The number of benzene rings is 1. The summed E-state index contributed by atoms with van der Waals surface area (Å²) in [6.45, 7) is 1.89. The molecule has 1 unspecified atom stereocenters. The van der Waals surface area contributed by atoms with Gasteiger partial charge >= 0.3 is 11.9 Å². The predicted molar refractivity (Wildman–Crippen MR) is 69.5 cm³/mol. The lowest BCUT2D eigenvalue weighted by Gasteiger charge is -2.38. The Bertz CT molecular complexity index is 491. The summed E-state index contributed by atoms with van der Waals surface area (Å²) in [5.74, 6) is -1.18. The summed E-state index contributed by atoms with van der Waals surface area (Å²) in [5, 5.41) is 0. The second-order valence-corrected chi connectivity index (χ2v) is 5.01. The zero-order valence-corrected chi connectivity index (χ0v) is 11.4. The van der Waals surface area contributed by atoms with Gasteiger partial charge in [-0.3, -0.25) is 9.59 Å². The minimum Gasteiger partial charge on any atom is -0.468 e. The molecule has 4 nitrogen and oxygen atoms in total. The fourth-order valence-electron chi connectivity index (χ4n) is 2.90. The molecule has 4 heteroatoms. The first kappa shape index (κ1) is 13.6. The maximum Gasteiger partial charge on any atom is 0.323 e. The summed E-state index contributed by atoms with van der Waals surface area (Å²) < 4.78 is 9.72. The maximum atomic E-state index is 12.2. The van der Waals surface area contributed by atoms with Crippen molar-refractivity contribution in [3.8, 4) is 0 Å². The average Bonchev–Trinajstić information content (AvgIpc) is 2.44. The quantitative estimate of drug-likeness (QED) is 0.602. The van der Waals surface area contributed by atoms with Crippen LogP contribution in [0.25, 0.3) is 0 Å². The summed E-state index contributed by atoms with van der Waals surface area (Å²) in [5.41, 5.74) is 0.965. The highest BCUT2D eigenvalue weighted by Gasteiger charge is 2.54. The smallest absolute Gasteiger partial charge is 0.323 e. The standard InChI is InChI=1S/C15H18O4/c1-10-8-11-6-4-5-7-12(11)9-15(10,13(16)18-2)14(17)19-3/h4-7,10H,8-9H2,1-3H3. The van der Waals surface area contributed by atoms with Gasteiger partial charge in [-0.25, -0.2) is 0 Å². The number of esters is 2. The van der Waals surface area contributed by atoms with Gasteiger partial charge in [0.1, 0.15) is 0 Å². The lowest BCUT2D eigenvalue weighted by atomic mass is 9.65. The summed E-state index contributed by atoms with van der Waals surface area (Å²) in [6, 6.07) is 7.86. The van der Waals surface area contributed by atoms with Crippen LogP contribution in [-0.2, 0) is 31.9 Å². The van der Waals surface area contributed by atoms with Crippen molar-refractivity contribution in [2.75, 3.05) is 14.2 Å². The Hall–Kier alpha value is -1.84. The van der Waals surface area contributed by atoms with Crippen LogP contribution in [0.2, 0.25) is 0 Å². The monoisotopic (exact) mass is 262 g/mol. The molecule has 0 saturated carbocycles. The lowest BCUT2D eigenvalue weighted by Crippen LogP contribution is -2.50. The van der Waals surface area contributed by atoms with E-state index in [1.165, 1.54) is 19.8 Å². The Labute approximate surface area is 112 Å². The number of ether oxygens (including phenoxy) is 2. The number of hydrogen-bond acceptors (Lipinski definition) is 4. The summed E-state index contributed by atoms with van der Waals surface area (Å²) in [7, 11) is 2.61. The number of methoxy groups -OCH3 is 2. The molecule has 1 aromatic carbocycles. The molecule has 1 aliphatic carbocycles. The Morgan fingerprint density at radius 1 is 1.11 bits per heavy atom. The largest absolute Gasteiger partial charge is 0.468 e. The Balaban J connectivity index is 2.51. The van der Waals surface area contributed by atoms with Gasteiger partial charge in [0.05, 0.1) is 14.2 Å². The highest BCUT2D eigenvalue weighted by Crippen LogP contribution is 2.42. The van der Waals surface area contributed by atoms with Gasteiger partial charge in [-0.15, -0.1) is 0 Å². The third-order valence-electron chi connectivity index (χ3n) is 4.05. The number of carbonyl (C=O) groups excluding carboxylic acids is 2. The first-order valence-electron chi connectivity index (χ1n) is 6.30. The molecular formula is C15H18O4. The minimum atomic E-state index is -1.22. The molecule has 0 fully saturated rings. The summed E-state index contributed by atoms with van der Waals surface area (Å²) in [6.07, 6.45) is 1.00. The van der Waals surface area contributed by atoms with Crippen LogP contribution in [0, 0.1) is 11.3 Å². The molecule has 0 aliphatic heterocycles. The van der Waals surface area contributed by atoms with Gasteiger partial charge in [-0.2, -0.15) is 0 Å². The van der Waals surface area contributed by atoms with Crippen molar-refractivity contribution in [3.05, 3.63) is 35.4 Å². The van der Waals surface area contributed by atoms with Crippen LogP contribution < -0.4 is 0 Å². The molecule has 0 aromatic heterocycles. The van der Waals surface area contributed by atoms with Crippen molar-refractivity contribution >= 4 is 11.9 Å². The second-order valence-electron chi connectivity index (χ2n) is 5.01. The molecule has 0 heterocycles.